The topological polar surface area (TPSA) is 101 Å². The maximum Gasteiger partial charge on any atom is 0.417 e. The fourth-order valence-corrected chi connectivity index (χ4v) is 7.02. The molecule has 2 atom stereocenters. The molecule has 0 aliphatic carbocycles. The predicted molar refractivity (Wildman–Crippen MR) is 195 cm³/mol. The average molecular weight is 739 g/mol. The Kier molecular flexibility index (Phi) is 11.7. The molecule has 53 heavy (non-hydrogen) atoms. The van der Waals surface area contributed by atoms with Crippen LogP contribution in [0.4, 0.5) is 23.7 Å². The van der Waals surface area contributed by atoms with Crippen molar-refractivity contribution in [1.82, 2.24) is 15.1 Å². The number of halogens is 3. The molecular formula is C40H49F3N4O6. The minimum absolute atomic E-state index is 0.0187. The van der Waals surface area contributed by atoms with Gasteiger partial charge in [-0.25, -0.2) is 4.79 Å². The quantitative estimate of drug-likeness (QED) is 0.232. The minimum Gasteiger partial charge on any atom is -0.497 e. The van der Waals surface area contributed by atoms with E-state index in [4.69, 9.17) is 14.2 Å². The summed E-state index contributed by atoms with van der Waals surface area (Å²) in [6, 6.07) is 16.8. The van der Waals surface area contributed by atoms with Crippen molar-refractivity contribution in [3.05, 3.63) is 89.0 Å². The largest absolute Gasteiger partial charge is 0.497 e. The maximum atomic E-state index is 15.0. The lowest BCUT2D eigenvalue weighted by molar-refractivity contribution is -0.138. The predicted octanol–water partition coefficient (Wildman–Crippen LogP) is 7.39. The van der Waals surface area contributed by atoms with E-state index in [2.05, 4.69) is 31.0 Å². The summed E-state index contributed by atoms with van der Waals surface area (Å²) < 4.78 is 61.8. The first kappa shape index (κ1) is 39.4. The number of alkyl halides is 3. The second kappa shape index (κ2) is 15.7. The SMILES string of the molecule is COc1cccc(C2(C)Oc3cc(C(F)(F)F)c(C(=O)N(C(C)C)[C@@H]4CCCN(C(C)(C)C)C4)cc3N(CCNC(=O)OCc3ccccc3)C2=O)c1. The Bertz CT molecular complexity index is 1800. The lowest BCUT2D eigenvalue weighted by atomic mass is 9.90. The molecule has 1 N–H and O–H groups in total. The zero-order chi connectivity index (χ0) is 38.7. The number of nitrogens with zero attached hydrogens (tertiary/aromatic N) is 3. The summed E-state index contributed by atoms with van der Waals surface area (Å²) >= 11 is 0. The third kappa shape index (κ3) is 8.72. The van der Waals surface area contributed by atoms with Gasteiger partial charge < -0.3 is 29.3 Å². The van der Waals surface area contributed by atoms with E-state index < -0.39 is 46.9 Å². The van der Waals surface area contributed by atoms with Gasteiger partial charge in [-0.15, -0.1) is 0 Å². The van der Waals surface area contributed by atoms with Gasteiger partial charge in [0.15, 0.2) is 0 Å². The fourth-order valence-electron chi connectivity index (χ4n) is 7.02. The molecule has 3 aromatic carbocycles. The third-order valence-corrected chi connectivity index (χ3v) is 9.86. The zero-order valence-corrected chi connectivity index (χ0v) is 31.4. The second-order valence-corrected chi connectivity index (χ2v) is 14.9. The molecular weight excluding hydrogens is 689 g/mol. The molecule has 2 aliphatic rings. The van der Waals surface area contributed by atoms with Crippen LogP contribution in [0, 0.1) is 0 Å². The lowest BCUT2D eigenvalue weighted by Gasteiger charge is -2.46. The number of methoxy groups -OCH3 is 1. The highest BCUT2D eigenvalue weighted by molar-refractivity contribution is 6.05. The van der Waals surface area contributed by atoms with Crippen molar-refractivity contribution in [2.45, 2.75) is 90.4 Å². The molecule has 1 saturated heterocycles. The number of anilines is 1. The monoisotopic (exact) mass is 738 g/mol. The van der Waals surface area contributed by atoms with Crippen LogP contribution in [0.5, 0.6) is 11.5 Å². The van der Waals surface area contributed by atoms with Gasteiger partial charge >= 0.3 is 12.3 Å². The molecule has 10 nitrogen and oxygen atoms in total. The molecule has 3 aromatic rings. The van der Waals surface area contributed by atoms with Crippen molar-refractivity contribution < 1.29 is 41.8 Å². The van der Waals surface area contributed by atoms with Crippen LogP contribution >= 0.6 is 0 Å². The van der Waals surface area contributed by atoms with Gasteiger partial charge in [0.1, 0.15) is 18.1 Å². The molecule has 0 bridgehead atoms. The molecule has 0 spiro atoms. The average Bonchev–Trinajstić information content (AvgIpc) is 3.11. The van der Waals surface area contributed by atoms with Gasteiger partial charge in [0, 0.05) is 42.8 Å². The van der Waals surface area contributed by atoms with Crippen LogP contribution in [0.25, 0.3) is 0 Å². The molecule has 1 fully saturated rings. The number of likely N-dealkylation sites (tertiary alicyclic amines) is 1. The highest BCUT2D eigenvalue weighted by atomic mass is 19.4. The van der Waals surface area contributed by atoms with Crippen LogP contribution in [-0.2, 0) is 27.9 Å². The van der Waals surface area contributed by atoms with E-state index in [9.17, 15) is 27.6 Å². The third-order valence-electron chi connectivity index (χ3n) is 9.86. The number of nitrogens with one attached hydrogen (secondary N) is 1. The van der Waals surface area contributed by atoms with Gasteiger partial charge in [-0.3, -0.25) is 14.5 Å². The number of hydrogen-bond donors (Lipinski definition) is 1. The summed E-state index contributed by atoms with van der Waals surface area (Å²) in [5.41, 5.74) is -2.63. The molecule has 5 rings (SSSR count). The summed E-state index contributed by atoms with van der Waals surface area (Å²) in [6.45, 7) is 12.4. The Morgan fingerprint density at radius 3 is 2.42 bits per heavy atom. The highest BCUT2D eigenvalue weighted by Crippen LogP contribution is 2.47. The number of ether oxygens (including phenoxy) is 3. The molecule has 2 aliphatic heterocycles. The van der Waals surface area contributed by atoms with Gasteiger partial charge in [0.25, 0.3) is 11.8 Å². The van der Waals surface area contributed by atoms with Crippen molar-refractivity contribution >= 4 is 23.6 Å². The Morgan fingerprint density at radius 1 is 1.06 bits per heavy atom. The zero-order valence-electron chi connectivity index (χ0n) is 31.4. The van der Waals surface area contributed by atoms with E-state index in [1.165, 1.54) is 23.8 Å². The number of amides is 3. The van der Waals surface area contributed by atoms with E-state index >= 15 is 0 Å². The fraction of sp³-hybridized carbons (Fsp3) is 0.475. The van der Waals surface area contributed by atoms with Crippen molar-refractivity contribution in [2.75, 3.05) is 38.2 Å². The van der Waals surface area contributed by atoms with Crippen molar-refractivity contribution in [3.8, 4) is 11.5 Å². The summed E-state index contributed by atoms with van der Waals surface area (Å²) in [6.07, 6.45) is -4.24. The van der Waals surface area contributed by atoms with E-state index in [1.807, 2.05) is 18.2 Å². The van der Waals surface area contributed by atoms with Gasteiger partial charge in [0.2, 0.25) is 5.60 Å². The second-order valence-electron chi connectivity index (χ2n) is 14.9. The van der Waals surface area contributed by atoms with Crippen LogP contribution in [0.2, 0.25) is 0 Å². The number of rotatable bonds is 10. The Hall–Kier alpha value is -4.78. The van der Waals surface area contributed by atoms with Gasteiger partial charge in [-0.05, 0) is 90.8 Å². The molecule has 0 aromatic heterocycles. The van der Waals surface area contributed by atoms with Gasteiger partial charge in [-0.1, -0.05) is 42.5 Å². The number of fused-ring (bicyclic) bond motifs is 1. The van der Waals surface area contributed by atoms with E-state index in [-0.39, 0.29) is 42.7 Å². The number of benzene rings is 3. The Labute approximate surface area is 309 Å². The maximum absolute atomic E-state index is 15.0. The molecule has 286 valence electrons. The van der Waals surface area contributed by atoms with Crippen LogP contribution in [-0.4, -0.2) is 78.6 Å². The number of piperidine rings is 1. The number of hydrogen-bond acceptors (Lipinski definition) is 7. The molecule has 3 amide bonds. The number of carbonyl (C=O) groups is 3. The number of carbonyl (C=O) groups excluding carboxylic acids is 3. The van der Waals surface area contributed by atoms with Crippen LogP contribution in [0.15, 0.2) is 66.7 Å². The van der Waals surface area contributed by atoms with Gasteiger partial charge in [-0.2, -0.15) is 13.2 Å². The smallest absolute Gasteiger partial charge is 0.417 e. The Balaban J connectivity index is 1.54. The molecule has 0 saturated carbocycles. The first-order valence-electron chi connectivity index (χ1n) is 17.9. The summed E-state index contributed by atoms with van der Waals surface area (Å²) in [7, 11) is 1.46. The Morgan fingerprint density at radius 2 is 1.77 bits per heavy atom. The van der Waals surface area contributed by atoms with Crippen LogP contribution in [0.3, 0.4) is 0 Å². The first-order valence-corrected chi connectivity index (χ1v) is 17.9. The van der Waals surface area contributed by atoms with Crippen molar-refractivity contribution in [1.29, 1.82) is 0 Å². The van der Waals surface area contributed by atoms with Gasteiger partial charge in [0.05, 0.1) is 23.9 Å². The van der Waals surface area contributed by atoms with Crippen LogP contribution in [0.1, 0.15) is 81.4 Å². The van der Waals surface area contributed by atoms with Crippen molar-refractivity contribution in [3.63, 3.8) is 0 Å². The van der Waals surface area contributed by atoms with E-state index in [0.717, 1.165) is 30.7 Å². The van der Waals surface area contributed by atoms with Crippen LogP contribution < -0.4 is 19.7 Å². The van der Waals surface area contributed by atoms with Crippen molar-refractivity contribution in [2.24, 2.45) is 0 Å². The lowest BCUT2D eigenvalue weighted by Crippen LogP contribution is -2.57. The molecule has 0 radical (unpaired) electrons. The molecule has 1 unspecified atom stereocenters. The first-order chi connectivity index (χ1) is 24.9. The summed E-state index contributed by atoms with van der Waals surface area (Å²) in [4.78, 5) is 46.6. The molecule has 13 heteroatoms. The standard InChI is InChI=1S/C40H49F3N4O6/c1-26(2)47(29-16-12-19-45(24-29)38(3,4)5)35(48)31-22-33-34(23-32(31)40(41,42)43)53-39(6,28-15-11-17-30(21-28)51-7)36(49)46(33)20-18-44-37(50)52-25-27-13-9-8-10-14-27/h8-11,13-15,17,21-23,26,29H,12,16,18-20,24-25H2,1-7H3,(H,44,50)/t29-,39?/m1/s1. The highest BCUT2D eigenvalue weighted by Gasteiger charge is 2.49. The number of alkyl carbamates (subject to hydrolysis) is 1. The molecule has 2 heterocycles. The minimum atomic E-state index is -4.93. The summed E-state index contributed by atoms with van der Waals surface area (Å²) in [5.74, 6) is -1.21. The normalized spacial score (nSPS) is 19.3. The van der Waals surface area contributed by atoms with E-state index in [1.54, 1.807) is 50.2 Å². The summed E-state index contributed by atoms with van der Waals surface area (Å²) in [5, 5.41) is 2.63. The van der Waals surface area contributed by atoms with E-state index in [0.29, 0.717) is 24.3 Å².